The van der Waals surface area contributed by atoms with E-state index in [1.165, 1.54) is 12.1 Å². The molecule has 5 nitrogen and oxygen atoms in total. The molecule has 2 rings (SSSR count). The molecule has 0 aliphatic heterocycles. The molecule has 0 aliphatic rings. The Morgan fingerprint density at radius 1 is 1.08 bits per heavy atom. The first-order chi connectivity index (χ1) is 11.3. The maximum Gasteiger partial charge on any atom is 0.238 e. The molecule has 0 saturated heterocycles. The van der Waals surface area contributed by atoms with Gasteiger partial charge in [-0.1, -0.05) is 35.3 Å². The molecular weight excluding hydrogens is 389 g/mol. The van der Waals surface area contributed by atoms with Gasteiger partial charge in [0, 0.05) is 12.2 Å². The van der Waals surface area contributed by atoms with Crippen molar-refractivity contribution in [2.24, 2.45) is 5.14 Å². The van der Waals surface area contributed by atoms with Crippen LogP contribution in [0, 0.1) is 0 Å². The molecule has 0 unspecified atom stereocenters. The number of anilines is 1. The number of benzene rings is 2. The standard InChI is InChI=1S/C15H15Cl2N3O2S2/c16-13-6-3-11(9-14(13)17)20-15(23)19-8-7-10-1-4-12(5-2-10)24(18,21)22/h1-6,9H,7-8H2,(H2,18,21,22)(H2,19,20,23). The summed E-state index contributed by atoms with van der Waals surface area (Å²) in [5.41, 5.74) is 1.70. The molecule has 0 amide bonds. The van der Waals surface area contributed by atoms with Crippen molar-refractivity contribution in [1.29, 1.82) is 0 Å². The molecule has 128 valence electrons. The van der Waals surface area contributed by atoms with Crippen molar-refractivity contribution in [3.63, 3.8) is 0 Å². The van der Waals surface area contributed by atoms with Crippen LogP contribution in [-0.2, 0) is 16.4 Å². The Labute approximate surface area is 156 Å². The fourth-order valence-corrected chi connectivity index (χ4v) is 2.95. The van der Waals surface area contributed by atoms with Crippen LogP contribution in [0.1, 0.15) is 5.56 Å². The Bertz CT molecular complexity index is 840. The quantitative estimate of drug-likeness (QED) is 0.667. The van der Waals surface area contributed by atoms with Crippen molar-refractivity contribution in [2.45, 2.75) is 11.3 Å². The van der Waals surface area contributed by atoms with E-state index in [1.54, 1.807) is 30.3 Å². The van der Waals surface area contributed by atoms with Crippen molar-refractivity contribution < 1.29 is 8.42 Å². The third-order valence-corrected chi connectivity index (χ3v) is 5.04. The molecule has 0 radical (unpaired) electrons. The smallest absolute Gasteiger partial charge is 0.238 e. The second kappa shape index (κ2) is 8.13. The predicted octanol–water partition coefficient (Wildman–Crippen LogP) is 3.17. The normalized spacial score (nSPS) is 11.1. The summed E-state index contributed by atoms with van der Waals surface area (Å²) in [6.07, 6.45) is 0.675. The molecule has 0 saturated carbocycles. The van der Waals surface area contributed by atoms with Gasteiger partial charge in [-0.2, -0.15) is 0 Å². The molecule has 2 aromatic rings. The molecule has 0 atom stereocenters. The van der Waals surface area contributed by atoms with Gasteiger partial charge in [-0.05, 0) is 54.5 Å². The van der Waals surface area contributed by atoms with Gasteiger partial charge in [-0.25, -0.2) is 13.6 Å². The van der Waals surface area contributed by atoms with Crippen molar-refractivity contribution in [3.05, 3.63) is 58.1 Å². The van der Waals surface area contributed by atoms with Crippen molar-refractivity contribution in [1.82, 2.24) is 5.32 Å². The molecule has 2 aromatic carbocycles. The highest BCUT2D eigenvalue weighted by Gasteiger charge is 2.06. The number of halogens is 2. The summed E-state index contributed by atoms with van der Waals surface area (Å²) in [4.78, 5) is 0.0935. The minimum atomic E-state index is -3.66. The maximum atomic E-state index is 11.2. The Kier molecular flexibility index (Phi) is 6.42. The highest BCUT2D eigenvalue weighted by atomic mass is 35.5. The average Bonchev–Trinajstić information content (AvgIpc) is 2.50. The third-order valence-electron chi connectivity index (χ3n) is 3.13. The highest BCUT2D eigenvalue weighted by molar-refractivity contribution is 7.89. The monoisotopic (exact) mass is 403 g/mol. The fourth-order valence-electron chi connectivity index (χ4n) is 1.92. The van der Waals surface area contributed by atoms with Crippen LogP contribution >= 0.6 is 35.4 Å². The van der Waals surface area contributed by atoms with Crippen LogP contribution < -0.4 is 15.8 Å². The van der Waals surface area contributed by atoms with E-state index in [-0.39, 0.29) is 4.90 Å². The van der Waals surface area contributed by atoms with E-state index in [2.05, 4.69) is 10.6 Å². The van der Waals surface area contributed by atoms with Gasteiger partial charge in [0.25, 0.3) is 0 Å². The van der Waals surface area contributed by atoms with Gasteiger partial charge in [0.15, 0.2) is 5.11 Å². The van der Waals surface area contributed by atoms with E-state index in [0.717, 1.165) is 11.3 Å². The first kappa shape index (κ1) is 19.0. The van der Waals surface area contributed by atoms with Crippen molar-refractivity contribution in [3.8, 4) is 0 Å². The summed E-state index contributed by atoms with van der Waals surface area (Å²) in [5, 5.41) is 12.5. The van der Waals surface area contributed by atoms with Gasteiger partial charge in [0.2, 0.25) is 10.0 Å². The van der Waals surface area contributed by atoms with E-state index in [0.29, 0.717) is 28.1 Å². The lowest BCUT2D eigenvalue weighted by Crippen LogP contribution is -2.30. The van der Waals surface area contributed by atoms with E-state index in [9.17, 15) is 8.42 Å². The zero-order valence-electron chi connectivity index (χ0n) is 12.4. The molecule has 0 heterocycles. The molecule has 0 aromatic heterocycles. The molecule has 9 heteroatoms. The lowest BCUT2D eigenvalue weighted by molar-refractivity contribution is 0.598. The SMILES string of the molecule is NS(=O)(=O)c1ccc(CCNC(=S)Nc2ccc(Cl)c(Cl)c2)cc1. The van der Waals surface area contributed by atoms with E-state index < -0.39 is 10.0 Å². The van der Waals surface area contributed by atoms with Gasteiger partial charge in [-0.15, -0.1) is 0 Å². The largest absolute Gasteiger partial charge is 0.362 e. The lowest BCUT2D eigenvalue weighted by Gasteiger charge is -2.11. The summed E-state index contributed by atoms with van der Waals surface area (Å²) in [6, 6.07) is 11.5. The molecule has 0 spiro atoms. The minimum absolute atomic E-state index is 0.0935. The average molecular weight is 404 g/mol. The maximum absolute atomic E-state index is 11.2. The summed E-state index contributed by atoms with van der Waals surface area (Å²) in [5.74, 6) is 0. The van der Waals surface area contributed by atoms with Crippen LogP contribution in [0.25, 0.3) is 0 Å². The van der Waals surface area contributed by atoms with Gasteiger partial charge in [-0.3, -0.25) is 0 Å². The van der Waals surface area contributed by atoms with Gasteiger partial charge in [0.1, 0.15) is 0 Å². The molecule has 0 fully saturated rings. The summed E-state index contributed by atoms with van der Waals surface area (Å²) < 4.78 is 22.4. The number of hydrogen-bond acceptors (Lipinski definition) is 3. The Morgan fingerprint density at radius 2 is 1.75 bits per heavy atom. The molecule has 0 bridgehead atoms. The number of rotatable bonds is 5. The van der Waals surface area contributed by atoms with Gasteiger partial charge >= 0.3 is 0 Å². The zero-order chi connectivity index (χ0) is 17.7. The summed E-state index contributed by atoms with van der Waals surface area (Å²) in [7, 11) is -3.66. The van der Waals surface area contributed by atoms with Crippen LogP contribution in [0.2, 0.25) is 10.0 Å². The van der Waals surface area contributed by atoms with Crippen LogP contribution in [0.5, 0.6) is 0 Å². The summed E-state index contributed by atoms with van der Waals surface area (Å²) in [6.45, 7) is 0.585. The van der Waals surface area contributed by atoms with Crippen LogP contribution in [0.4, 0.5) is 5.69 Å². The van der Waals surface area contributed by atoms with E-state index >= 15 is 0 Å². The van der Waals surface area contributed by atoms with Crippen molar-refractivity contribution in [2.75, 3.05) is 11.9 Å². The number of primary sulfonamides is 1. The second-order valence-electron chi connectivity index (χ2n) is 4.95. The lowest BCUT2D eigenvalue weighted by atomic mass is 10.1. The summed E-state index contributed by atoms with van der Waals surface area (Å²) >= 11 is 17.0. The number of sulfonamides is 1. The first-order valence-corrected chi connectivity index (χ1v) is 9.58. The zero-order valence-corrected chi connectivity index (χ0v) is 15.6. The van der Waals surface area contributed by atoms with Crippen LogP contribution in [-0.4, -0.2) is 20.1 Å². The Balaban J connectivity index is 1.83. The topological polar surface area (TPSA) is 84.2 Å². The molecule has 0 aliphatic carbocycles. The number of hydrogen-bond donors (Lipinski definition) is 3. The van der Waals surface area contributed by atoms with Crippen molar-refractivity contribution >= 4 is 56.2 Å². The first-order valence-electron chi connectivity index (χ1n) is 6.87. The minimum Gasteiger partial charge on any atom is -0.362 e. The van der Waals surface area contributed by atoms with Gasteiger partial charge in [0.05, 0.1) is 14.9 Å². The van der Waals surface area contributed by atoms with Crippen LogP contribution in [0.3, 0.4) is 0 Å². The Hall–Kier alpha value is -1.38. The number of nitrogens with two attached hydrogens (primary N) is 1. The Morgan fingerprint density at radius 3 is 2.33 bits per heavy atom. The predicted molar refractivity (Wildman–Crippen MR) is 102 cm³/mol. The second-order valence-corrected chi connectivity index (χ2v) is 7.73. The number of thiocarbonyl (C=S) groups is 1. The van der Waals surface area contributed by atoms with E-state index in [4.69, 9.17) is 40.6 Å². The molecular formula is C15H15Cl2N3O2S2. The number of nitrogens with one attached hydrogen (secondary N) is 2. The fraction of sp³-hybridized carbons (Fsp3) is 0.133. The van der Waals surface area contributed by atoms with E-state index in [1.807, 2.05) is 0 Å². The highest BCUT2D eigenvalue weighted by Crippen LogP contribution is 2.24. The van der Waals surface area contributed by atoms with Gasteiger partial charge < -0.3 is 10.6 Å². The molecule has 24 heavy (non-hydrogen) atoms. The van der Waals surface area contributed by atoms with Crippen LogP contribution in [0.15, 0.2) is 47.4 Å². The molecule has 4 N–H and O–H groups in total. The third kappa shape index (κ3) is 5.61.